The van der Waals surface area contributed by atoms with Crippen LogP contribution in [-0.2, 0) is 0 Å². The summed E-state index contributed by atoms with van der Waals surface area (Å²) < 4.78 is 0. The summed E-state index contributed by atoms with van der Waals surface area (Å²) in [5, 5.41) is 37.0. The standard InChI is InChI=1S/C8H4N4O/c9-2-5-1-7(13)12-8(5)6(3-10)4-11/h1,7,12-13H. The van der Waals surface area contributed by atoms with Crippen LogP contribution >= 0.6 is 0 Å². The molecule has 2 N–H and O–H groups in total. The molecule has 0 saturated carbocycles. The van der Waals surface area contributed by atoms with Crippen LogP contribution in [0.1, 0.15) is 0 Å². The fourth-order valence-corrected chi connectivity index (χ4v) is 0.945. The Morgan fingerprint density at radius 3 is 2.46 bits per heavy atom. The van der Waals surface area contributed by atoms with Crippen LogP contribution in [0.5, 0.6) is 0 Å². The van der Waals surface area contributed by atoms with Gasteiger partial charge < -0.3 is 10.4 Å². The SMILES string of the molecule is N#CC1=CC(O)NC1=C(C#N)C#N. The lowest BCUT2D eigenvalue weighted by Crippen LogP contribution is -2.20. The van der Waals surface area contributed by atoms with E-state index in [1.807, 2.05) is 0 Å². The van der Waals surface area contributed by atoms with Gasteiger partial charge in [0.05, 0.1) is 11.3 Å². The summed E-state index contributed by atoms with van der Waals surface area (Å²) in [6, 6.07) is 5.04. The summed E-state index contributed by atoms with van der Waals surface area (Å²) in [5.41, 5.74) is 0.00921. The fraction of sp³-hybridized carbons (Fsp3) is 0.125. The third-order valence-electron chi connectivity index (χ3n) is 1.48. The van der Waals surface area contributed by atoms with Gasteiger partial charge in [-0.05, 0) is 6.08 Å². The molecule has 0 aromatic rings. The predicted molar refractivity (Wildman–Crippen MR) is 41.1 cm³/mol. The third-order valence-corrected chi connectivity index (χ3v) is 1.48. The van der Waals surface area contributed by atoms with Crippen molar-refractivity contribution in [1.29, 1.82) is 15.8 Å². The molecule has 0 saturated heterocycles. The number of rotatable bonds is 0. The van der Waals surface area contributed by atoms with E-state index >= 15 is 0 Å². The first kappa shape index (κ1) is 8.80. The number of nitriles is 3. The van der Waals surface area contributed by atoms with E-state index in [4.69, 9.17) is 20.9 Å². The van der Waals surface area contributed by atoms with E-state index in [0.29, 0.717) is 0 Å². The molecule has 5 nitrogen and oxygen atoms in total. The van der Waals surface area contributed by atoms with E-state index in [9.17, 15) is 0 Å². The van der Waals surface area contributed by atoms with Crippen molar-refractivity contribution in [2.75, 3.05) is 0 Å². The Hall–Kier alpha value is -2.29. The van der Waals surface area contributed by atoms with Gasteiger partial charge in [-0.3, -0.25) is 0 Å². The van der Waals surface area contributed by atoms with E-state index in [-0.39, 0.29) is 16.8 Å². The average Bonchev–Trinajstić information content (AvgIpc) is 2.49. The minimum atomic E-state index is -0.999. The minimum Gasteiger partial charge on any atom is -0.370 e. The molecule has 0 radical (unpaired) electrons. The van der Waals surface area contributed by atoms with Crippen LogP contribution in [0.2, 0.25) is 0 Å². The average molecular weight is 172 g/mol. The summed E-state index contributed by atoms with van der Waals surface area (Å²) in [7, 11) is 0. The smallest absolute Gasteiger partial charge is 0.154 e. The van der Waals surface area contributed by atoms with Crippen molar-refractivity contribution in [3.8, 4) is 18.2 Å². The molecule has 0 fully saturated rings. The van der Waals surface area contributed by atoms with Crippen molar-refractivity contribution < 1.29 is 5.11 Å². The van der Waals surface area contributed by atoms with Crippen molar-refractivity contribution in [2.45, 2.75) is 6.23 Å². The van der Waals surface area contributed by atoms with Crippen LogP contribution < -0.4 is 5.32 Å². The number of allylic oxidation sites excluding steroid dienone is 2. The van der Waals surface area contributed by atoms with Gasteiger partial charge in [0.1, 0.15) is 24.4 Å². The maximum atomic E-state index is 9.05. The highest BCUT2D eigenvalue weighted by Crippen LogP contribution is 2.17. The topological polar surface area (TPSA) is 104 Å². The highest BCUT2D eigenvalue weighted by molar-refractivity contribution is 5.55. The molecule has 1 atom stereocenters. The number of nitrogens with zero attached hydrogens (tertiary/aromatic N) is 3. The Balaban J connectivity index is 3.21. The van der Waals surface area contributed by atoms with Crippen molar-refractivity contribution in [3.05, 3.63) is 22.9 Å². The molecule has 13 heavy (non-hydrogen) atoms. The van der Waals surface area contributed by atoms with E-state index in [1.165, 1.54) is 6.08 Å². The van der Waals surface area contributed by atoms with Gasteiger partial charge in [0, 0.05) is 0 Å². The lowest BCUT2D eigenvalue weighted by molar-refractivity contribution is 0.206. The first-order valence-corrected chi connectivity index (χ1v) is 3.34. The van der Waals surface area contributed by atoms with Crippen LogP contribution in [0.3, 0.4) is 0 Å². The second-order valence-electron chi connectivity index (χ2n) is 2.25. The Kier molecular flexibility index (Phi) is 2.31. The molecular formula is C8H4N4O. The lowest BCUT2D eigenvalue weighted by atomic mass is 10.1. The summed E-state index contributed by atoms with van der Waals surface area (Å²) in [4.78, 5) is 0. The summed E-state index contributed by atoms with van der Waals surface area (Å²) >= 11 is 0. The molecule has 1 rings (SSSR count). The lowest BCUT2D eigenvalue weighted by Gasteiger charge is -2.02. The zero-order chi connectivity index (χ0) is 9.84. The summed E-state index contributed by atoms with van der Waals surface area (Å²) in [5.74, 6) is 0. The predicted octanol–water partition coefficient (Wildman–Crippen LogP) is -0.341. The molecule has 1 aliphatic rings. The second-order valence-corrected chi connectivity index (χ2v) is 2.25. The Morgan fingerprint density at radius 1 is 1.38 bits per heavy atom. The highest BCUT2D eigenvalue weighted by Gasteiger charge is 2.21. The molecule has 0 aromatic carbocycles. The van der Waals surface area contributed by atoms with E-state index < -0.39 is 6.23 Å². The molecule has 1 heterocycles. The van der Waals surface area contributed by atoms with Gasteiger partial charge in [-0.1, -0.05) is 0 Å². The van der Waals surface area contributed by atoms with Crippen LogP contribution in [-0.4, -0.2) is 11.3 Å². The van der Waals surface area contributed by atoms with Gasteiger partial charge in [-0.15, -0.1) is 0 Å². The molecule has 62 valence electrons. The summed E-state index contributed by atoms with van der Waals surface area (Å²) in [6.45, 7) is 0. The molecular weight excluding hydrogens is 168 g/mol. The highest BCUT2D eigenvalue weighted by atomic mass is 16.3. The normalized spacial score (nSPS) is 19.1. The number of hydrogen-bond donors (Lipinski definition) is 2. The van der Waals surface area contributed by atoms with Crippen LogP contribution in [0.25, 0.3) is 0 Å². The van der Waals surface area contributed by atoms with Crippen molar-refractivity contribution in [3.63, 3.8) is 0 Å². The maximum Gasteiger partial charge on any atom is 0.154 e. The van der Waals surface area contributed by atoms with E-state index in [2.05, 4.69) is 5.32 Å². The number of hydrogen-bond acceptors (Lipinski definition) is 5. The molecule has 5 heteroatoms. The third kappa shape index (κ3) is 1.49. The number of aliphatic hydroxyl groups is 1. The van der Waals surface area contributed by atoms with Crippen molar-refractivity contribution in [2.24, 2.45) is 0 Å². The zero-order valence-corrected chi connectivity index (χ0v) is 6.44. The van der Waals surface area contributed by atoms with Gasteiger partial charge in [-0.25, -0.2) is 0 Å². The number of nitrogens with one attached hydrogen (secondary N) is 1. The number of aliphatic hydroxyl groups excluding tert-OH is 1. The minimum absolute atomic E-state index is 0.0972. The first-order chi connectivity index (χ1) is 6.22. The molecule has 0 aliphatic carbocycles. The van der Waals surface area contributed by atoms with Crippen molar-refractivity contribution in [1.82, 2.24) is 5.32 Å². The monoisotopic (exact) mass is 172 g/mol. The maximum absolute atomic E-state index is 9.05. The molecule has 1 unspecified atom stereocenters. The zero-order valence-electron chi connectivity index (χ0n) is 6.44. The largest absolute Gasteiger partial charge is 0.370 e. The van der Waals surface area contributed by atoms with Gasteiger partial charge in [0.15, 0.2) is 5.57 Å². The summed E-state index contributed by atoms with van der Waals surface area (Å²) in [6.07, 6.45) is 0.241. The van der Waals surface area contributed by atoms with Gasteiger partial charge in [0.25, 0.3) is 0 Å². The Labute approximate surface area is 74.4 Å². The van der Waals surface area contributed by atoms with Crippen LogP contribution in [0.15, 0.2) is 22.9 Å². The molecule has 1 aliphatic heterocycles. The van der Waals surface area contributed by atoms with E-state index in [1.54, 1.807) is 18.2 Å². The first-order valence-electron chi connectivity index (χ1n) is 3.34. The Bertz CT molecular complexity index is 397. The van der Waals surface area contributed by atoms with Crippen molar-refractivity contribution >= 4 is 0 Å². The second kappa shape index (κ2) is 3.40. The van der Waals surface area contributed by atoms with Gasteiger partial charge >= 0.3 is 0 Å². The molecule has 0 aromatic heterocycles. The van der Waals surface area contributed by atoms with Gasteiger partial charge in [0.2, 0.25) is 0 Å². The molecule has 0 bridgehead atoms. The fourth-order valence-electron chi connectivity index (χ4n) is 0.945. The molecule has 0 amide bonds. The Morgan fingerprint density at radius 2 is 2.00 bits per heavy atom. The van der Waals surface area contributed by atoms with Gasteiger partial charge in [-0.2, -0.15) is 15.8 Å². The molecule has 0 spiro atoms. The van der Waals surface area contributed by atoms with E-state index in [0.717, 1.165) is 0 Å². The quantitative estimate of drug-likeness (QED) is 0.486. The van der Waals surface area contributed by atoms with Crippen LogP contribution in [0, 0.1) is 34.0 Å². The van der Waals surface area contributed by atoms with Crippen LogP contribution in [0.4, 0.5) is 0 Å².